The third-order valence-corrected chi connectivity index (χ3v) is 2.09. The highest BCUT2D eigenvalue weighted by atomic mass is 16.5. The molecule has 2 heteroatoms. The van der Waals surface area contributed by atoms with E-state index in [-0.39, 0.29) is 6.61 Å². The molecule has 0 amide bonds. The van der Waals surface area contributed by atoms with E-state index in [1.54, 1.807) is 6.08 Å². The Hall–Kier alpha value is -1.54. The lowest BCUT2D eigenvalue weighted by Crippen LogP contribution is -2.16. The van der Waals surface area contributed by atoms with Crippen molar-refractivity contribution in [3.8, 4) is 0 Å². The highest BCUT2D eigenvalue weighted by molar-refractivity contribution is 5.47. The van der Waals surface area contributed by atoms with Gasteiger partial charge in [0.05, 0.1) is 12.4 Å². The van der Waals surface area contributed by atoms with Crippen molar-refractivity contribution in [2.75, 3.05) is 6.61 Å². The number of aliphatic hydroxyl groups is 1. The normalized spacial score (nSPS) is 11.8. The Morgan fingerprint density at radius 3 is 2.47 bits per heavy atom. The number of aliphatic hydroxyl groups excluding tert-OH is 1. The molecule has 0 bridgehead atoms. The minimum Gasteiger partial charge on any atom is -0.499 e. The van der Waals surface area contributed by atoms with Gasteiger partial charge in [0.1, 0.15) is 6.61 Å². The van der Waals surface area contributed by atoms with E-state index in [1.165, 1.54) is 6.26 Å². The van der Waals surface area contributed by atoms with E-state index < -0.39 is 6.10 Å². The van der Waals surface area contributed by atoms with Gasteiger partial charge >= 0.3 is 0 Å². The number of benzene rings is 1. The Morgan fingerprint density at radius 2 is 1.93 bits per heavy atom. The number of rotatable bonds is 6. The van der Waals surface area contributed by atoms with Crippen LogP contribution >= 0.6 is 0 Å². The summed E-state index contributed by atoms with van der Waals surface area (Å²) in [7, 11) is 0. The summed E-state index contributed by atoms with van der Waals surface area (Å²) in [5.74, 6) is 0. The van der Waals surface area contributed by atoms with Crippen molar-refractivity contribution < 1.29 is 9.84 Å². The monoisotopic (exact) mass is 204 g/mol. The van der Waals surface area contributed by atoms with Gasteiger partial charge in [-0.25, -0.2) is 0 Å². The summed E-state index contributed by atoms with van der Waals surface area (Å²) in [4.78, 5) is 0. The summed E-state index contributed by atoms with van der Waals surface area (Å²) >= 11 is 0. The van der Waals surface area contributed by atoms with Crippen LogP contribution < -0.4 is 0 Å². The van der Waals surface area contributed by atoms with Gasteiger partial charge in [-0.15, -0.1) is 0 Å². The predicted octanol–water partition coefficient (Wildman–Crippen LogP) is 2.39. The average Bonchev–Trinajstić information content (AvgIpc) is 2.27. The predicted molar refractivity (Wildman–Crippen MR) is 62.4 cm³/mol. The second-order valence-corrected chi connectivity index (χ2v) is 3.30. The zero-order valence-corrected chi connectivity index (χ0v) is 8.73. The van der Waals surface area contributed by atoms with Crippen LogP contribution in [0.4, 0.5) is 0 Å². The van der Waals surface area contributed by atoms with Crippen molar-refractivity contribution in [1.82, 2.24) is 0 Å². The topological polar surface area (TPSA) is 29.5 Å². The Morgan fingerprint density at radius 1 is 1.27 bits per heavy atom. The zero-order valence-electron chi connectivity index (χ0n) is 8.73. The molecule has 1 atom stereocenters. The molecule has 80 valence electrons. The van der Waals surface area contributed by atoms with Crippen molar-refractivity contribution in [2.45, 2.75) is 12.5 Å². The van der Waals surface area contributed by atoms with Gasteiger partial charge < -0.3 is 9.84 Å². The van der Waals surface area contributed by atoms with Gasteiger partial charge in [-0.2, -0.15) is 0 Å². The summed E-state index contributed by atoms with van der Waals surface area (Å²) in [5.41, 5.74) is 2.16. The quantitative estimate of drug-likeness (QED) is 0.721. The van der Waals surface area contributed by atoms with Crippen molar-refractivity contribution in [3.63, 3.8) is 0 Å². The number of ether oxygens (including phenoxy) is 1. The minimum atomic E-state index is -0.488. The molecule has 0 spiro atoms. The minimum absolute atomic E-state index is 0.284. The van der Waals surface area contributed by atoms with Crippen molar-refractivity contribution in [3.05, 3.63) is 54.8 Å². The molecule has 0 aliphatic rings. The highest BCUT2D eigenvalue weighted by Crippen LogP contribution is 2.08. The lowest BCUT2D eigenvalue weighted by atomic mass is 10.1. The van der Waals surface area contributed by atoms with Crippen molar-refractivity contribution in [2.24, 2.45) is 0 Å². The Kier molecular flexibility index (Phi) is 4.64. The molecule has 0 aliphatic heterocycles. The van der Waals surface area contributed by atoms with Gasteiger partial charge in [0.15, 0.2) is 0 Å². The van der Waals surface area contributed by atoms with Crippen LogP contribution in [0.3, 0.4) is 0 Å². The smallest absolute Gasteiger partial charge is 0.113 e. The van der Waals surface area contributed by atoms with Crippen LogP contribution in [-0.2, 0) is 11.2 Å². The maximum absolute atomic E-state index is 9.57. The fourth-order valence-electron chi connectivity index (χ4n) is 1.30. The summed E-state index contributed by atoms with van der Waals surface area (Å²) in [6.45, 7) is 7.38. The standard InChI is InChI=1S/C13H16O2/c1-3-11-5-7-12(8-6-11)9-13(14)10-15-4-2/h3-8,13-14H,1-2,9-10H2. The molecule has 2 nitrogen and oxygen atoms in total. The molecular weight excluding hydrogens is 188 g/mol. The molecule has 0 saturated heterocycles. The van der Waals surface area contributed by atoms with E-state index in [4.69, 9.17) is 4.74 Å². The third-order valence-electron chi connectivity index (χ3n) is 2.09. The molecule has 1 N–H and O–H groups in total. The zero-order chi connectivity index (χ0) is 11.1. The lowest BCUT2D eigenvalue weighted by molar-refractivity contribution is 0.0848. The lowest BCUT2D eigenvalue weighted by Gasteiger charge is -2.09. The van der Waals surface area contributed by atoms with Crippen molar-refractivity contribution in [1.29, 1.82) is 0 Å². The molecule has 1 aromatic rings. The van der Waals surface area contributed by atoms with Gasteiger partial charge in [-0.3, -0.25) is 0 Å². The van der Waals surface area contributed by atoms with Gasteiger partial charge in [0, 0.05) is 6.42 Å². The van der Waals surface area contributed by atoms with Crippen LogP contribution in [0.2, 0.25) is 0 Å². The van der Waals surface area contributed by atoms with Crippen LogP contribution in [0.5, 0.6) is 0 Å². The SMILES string of the molecule is C=COCC(O)Cc1ccc(C=C)cc1. The fourth-order valence-corrected chi connectivity index (χ4v) is 1.30. The van der Waals surface area contributed by atoms with Gasteiger partial charge in [0.2, 0.25) is 0 Å². The first-order valence-electron chi connectivity index (χ1n) is 4.88. The molecule has 15 heavy (non-hydrogen) atoms. The van der Waals surface area contributed by atoms with Crippen LogP contribution in [-0.4, -0.2) is 17.8 Å². The van der Waals surface area contributed by atoms with E-state index in [1.807, 2.05) is 24.3 Å². The maximum Gasteiger partial charge on any atom is 0.113 e. The second-order valence-electron chi connectivity index (χ2n) is 3.30. The summed E-state index contributed by atoms with van der Waals surface area (Å²) in [6.07, 6.45) is 3.23. The molecule has 0 fully saturated rings. The first kappa shape index (κ1) is 11.5. The summed E-state index contributed by atoms with van der Waals surface area (Å²) < 4.78 is 4.91. The first-order valence-corrected chi connectivity index (χ1v) is 4.88. The molecule has 1 rings (SSSR count). The van der Waals surface area contributed by atoms with E-state index in [0.29, 0.717) is 6.42 Å². The molecule has 0 aliphatic carbocycles. The molecule has 0 aromatic heterocycles. The number of hydrogen-bond acceptors (Lipinski definition) is 2. The molecule has 0 saturated carbocycles. The third kappa shape index (κ3) is 4.00. The molecular formula is C13H16O2. The van der Waals surface area contributed by atoms with Crippen molar-refractivity contribution >= 4 is 6.08 Å². The molecule has 1 aromatic carbocycles. The molecule has 1 unspecified atom stereocenters. The number of hydrogen-bond donors (Lipinski definition) is 1. The summed E-state index contributed by atoms with van der Waals surface area (Å²) in [6, 6.07) is 7.91. The van der Waals surface area contributed by atoms with E-state index in [0.717, 1.165) is 11.1 Å². The first-order chi connectivity index (χ1) is 7.26. The van der Waals surface area contributed by atoms with Gasteiger partial charge in [0.25, 0.3) is 0 Å². The molecule has 0 heterocycles. The fraction of sp³-hybridized carbons (Fsp3) is 0.231. The van der Waals surface area contributed by atoms with E-state index in [9.17, 15) is 5.11 Å². The van der Waals surface area contributed by atoms with Crippen LogP contribution in [0.1, 0.15) is 11.1 Å². The van der Waals surface area contributed by atoms with E-state index in [2.05, 4.69) is 13.2 Å². The van der Waals surface area contributed by atoms with Crippen LogP contribution in [0, 0.1) is 0 Å². The Balaban J connectivity index is 2.49. The van der Waals surface area contributed by atoms with Crippen LogP contribution in [0.25, 0.3) is 6.08 Å². The summed E-state index contributed by atoms with van der Waals surface area (Å²) in [5, 5.41) is 9.57. The molecule has 0 radical (unpaired) electrons. The second kappa shape index (κ2) is 6.04. The highest BCUT2D eigenvalue weighted by Gasteiger charge is 2.04. The van der Waals surface area contributed by atoms with Gasteiger partial charge in [-0.1, -0.05) is 43.5 Å². The Labute approximate surface area is 90.5 Å². The van der Waals surface area contributed by atoms with Gasteiger partial charge in [-0.05, 0) is 11.1 Å². The van der Waals surface area contributed by atoms with E-state index >= 15 is 0 Å². The maximum atomic E-state index is 9.57. The van der Waals surface area contributed by atoms with Crippen LogP contribution in [0.15, 0.2) is 43.7 Å². The average molecular weight is 204 g/mol. The largest absolute Gasteiger partial charge is 0.499 e. The Bertz CT molecular complexity index is 314.